The van der Waals surface area contributed by atoms with Crippen LogP contribution in [-0.2, 0) is 5.41 Å². The van der Waals surface area contributed by atoms with E-state index in [0.717, 1.165) is 0 Å². The van der Waals surface area contributed by atoms with Gasteiger partial charge in [0.1, 0.15) is 0 Å². The zero-order chi connectivity index (χ0) is 30.9. The monoisotopic (exact) mass is 894 g/mol. The second-order valence-corrected chi connectivity index (χ2v) is 94.3. The molecule has 0 atom stereocenters. The van der Waals surface area contributed by atoms with Crippen molar-refractivity contribution in [1.82, 2.24) is 0 Å². The number of halogens is 4. The molecule has 0 spiro atoms. The van der Waals surface area contributed by atoms with Crippen LogP contribution in [0.5, 0.6) is 0 Å². The van der Waals surface area contributed by atoms with Gasteiger partial charge in [-0.05, 0) is 37.6 Å². The van der Waals surface area contributed by atoms with Gasteiger partial charge in [0.15, 0.2) is 0 Å². The molecule has 0 aromatic heterocycles. The minimum absolute atomic E-state index is 0.119. The molecule has 1 aromatic carbocycles. The van der Waals surface area contributed by atoms with Gasteiger partial charge >= 0.3 is 0 Å². The van der Waals surface area contributed by atoms with Gasteiger partial charge < -0.3 is 0 Å². The van der Waals surface area contributed by atoms with Crippen LogP contribution in [-0.4, -0.2) is 49.1 Å². The van der Waals surface area contributed by atoms with Crippen LogP contribution in [0.4, 0.5) is 0 Å². The third kappa shape index (κ3) is 8.43. The normalized spacial score (nSPS) is 15.6. The smallest absolute Gasteiger partial charge is 0.116 e. The lowest BCUT2D eigenvalue weighted by Gasteiger charge is -2.48. The number of hydrogen-bond donors (Lipinski definition) is 0. The van der Waals surface area contributed by atoms with Gasteiger partial charge in [0.2, 0.25) is 9.18 Å². The van der Waals surface area contributed by atoms with Crippen molar-refractivity contribution < 1.29 is 0 Å². The minimum atomic E-state index is -2.31. The standard InChI is InChI=1S/C27H58Br4Si7/c1-27(2,3)21-19-22(25(32(4,5)6)33(7,8)9)24(37(28,29)38(30,31)36(16,17)18)23(20-21)26(34(10,11)12)35(13,14)15/h19-20,25-26H,1-18H3. The summed E-state index contributed by atoms with van der Waals surface area (Å²) in [6.07, 6.45) is 0. The summed E-state index contributed by atoms with van der Waals surface area (Å²) in [4.78, 5) is -2.31. The van der Waals surface area contributed by atoms with E-state index in [4.69, 9.17) is 0 Å². The fraction of sp³-hybridized carbons (Fsp3) is 0.778. The molecule has 1 rings (SSSR count). The van der Waals surface area contributed by atoms with Gasteiger partial charge in [0, 0.05) is 32.3 Å². The Kier molecular flexibility index (Phi) is 12.1. The maximum absolute atomic E-state index is 4.65. The first-order chi connectivity index (χ1) is 16.2. The van der Waals surface area contributed by atoms with Crippen molar-refractivity contribution in [2.45, 2.75) is 135 Å². The van der Waals surface area contributed by atoms with E-state index in [1.165, 1.54) is 0 Å². The Labute approximate surface area is 276 Å². The number of rotatable bonds is 9. The van der Waals surface area contributed by atoms with Crippen LogP contribution >= 0.6 is 61.2 Å². The maximum atomic E-state index is 4.65. The molecule has 0 aliphatic rings. The summed E-state index contributed by atoms with van der Waals surface area (Å²) in [6.45, 7) is 46.5. The highest BCUT2D eigenvalue weighted by molar-refractivity contribution is 9.68. The summed E-state index contributed by atoms with van der Waals surface area (Å²) < 4.78 is -2.03. The van der Waals surface area contributed by atoms with E-state index in [2.05, 4.69) is 192 Å². The van der Waals surface area contributed by atoms with Crippen LogP contribution in [0, 0.1) is 0 Å². The van der Waals surface area contributed by atoms with E-state index in [9.17, 15) is 0 Å². The maximum Gasteiger partial charge on any atom is 0.241 e. The summed E-state index contributed by atoms with van der Waals surface area (Å²) >= 11 is 18.3. The summed E-state index contributed by atoms with van der Waals surface area (Å²) in [5.41, 5.74) is 5.11. The average molecular weight is 899 g/mol. The number of benzene rings is 1. The van der Waals surface area contributed by atoms with Crippen LogP contribution < -0.4 is 5.19 Å². The molecule has 0 amide bonds. The van der Waals surface area contributed by atoms with E-state index in [1.807, 2.05) is 0 Å². The highest BCUT2D eigenvalue weighted by Gasteiger charge is 2.62. The highest BCUT2D eigenvalue weighted by atomic mass is 79.9. The van der Waals surface area contributed by atoms with E-state index in [-0.39, 0.29) is 5.41 Å². The molecule has 0 saturated heterocycles. The molecule has 38 heavy (non-hydrogen) atoms. The summed E-state index contributed by atoms with van der Waals surface area (Å²) in [7, 11) is -7.76. The van der Waals surface area contributed by atoms with Crippen LogP contribution in [0.15, 0.2) is 12.1 Å². The van der Waals surface area contributed by atoms with Crippen molar-refractivity contribution in [1.29, 1.82) is 0 Å². The van der Waals surface area contributed by atoms with Gasteiger partial charge in [-0.25, -0.2) is 0 Å². The molecule has 0 nitrogen and oxygen atoms in total. The van der Waals surface area contributed by atoms with Crippen LogP contribution in [0.25, 0.3) is 0 Å². The first kappa shape index (κ1) is 38.7. The quantitative estimate of drug-likeness (QED) is 0.171. The van der Waals surface area contributed by atoms with Crippen molar-refractivity contribution in [2.24, 2.45) is 0 Å². The van der Waals surface area contributed by atoms with Crippen molar-refractivity contribution in [3.8, 4) is 0 Å². The predicted octanol–water partition coefficient (Wildman–Crippen LogP) is 11.8. The predicted molar refractivity (Wildman–Crippen MR) is 214 cm³/mol. The first-order valence-electron chi connectivity index (χ1n) is 14.1. The lowest BCUT2D eigenvalue weighted by molar-refractivity contribution is 0.589. The molecule has 0 bridgehead atoms. The topological polar surface area (TPSA) is 0 Å². The summed E-state index contributed by atoms with van der Waals surface area (Å²) in [5, 5.41) is 3.13. The molecule has 0 aliphatic heterocycles. The summed E-state index contributed by atoms with van der Waals surface area (Å²) in [5.74, 6) is 0. The minimum Gasteiger partial charge on any atom is -0.116 e. The second-order valence-electron chi connectivity index (χ2n) is 18.0. The van der Waals surface area contributed by atoms with Gasteiger partial charge in [-0.1, -0.05) is 131 Å². The molecule has 0 N–H and O–H groups in total. The van der Waals surface area contributed by atoms with Crippen LogP contribution in [0.3, 0.4) is 0 Å². The van der Waals surface area contributed by atoms with Crippen molar-refractivity contribution in [2.75, 3.05) is 0 Å². The van der Waals surface area contributed by atoms with Crippen molar-refractivity contribution in [3.63, 3.8) is 0 Å². The van der Waals surface area contributed by atoms with Gasteiger partial charge in [0.25, 0.3) is 0 Å². The Morgan fingerprint density at radius 3 is 0.974 bits per heavy atom. The Morgan fingerprint density at radius 1 is 0.526 bits per heavy atom. The zero-order valence-electron chi connectivity index (χ0n) is 27.8. The lowest BCUT2D eigenvalue weighted by atomic mass is 9.85. The molecule has 0 heterocycles. The Hall–Kier alpha value is 2.66. The van der Waals surface area contributed by atoms with Crippen LogP contribution in [0.2, 0.25) is 98.2 Å². The Morgan fingerprint density at radius 2 is 0.789 bits per heavy atom. The van der Waals surface area contributed by atoms with E-state index in [1.54, 1.807) is 21.9 Å². The second kappa shape index (κ2) is 11.9. The zero-order valence-corrected chi connectivity index (χ0v) is 41.2. The van der Waals surface area contributed by atoms with Gasteiger partial charge in [0.05, 0.1) is 7.59 Å². The third-order valence-electron chi connectivity index (χ3n) is 7.80. The Bertz CT molecular complexity index is 916. The van der Waals surface area contributed by atoms with Crippen LogP contribution in [0.1, 0.15) is 47.8 Å². The van der Waals surface area contributed by atoms with E-state index in [0.29, 0.717) is 10.3 Å². The third-order valence-corrected chi connectivity index (χ3v) is 120. The molecular weight excluding hydrogens is 841 g/mol. The summed E-state index contributed by atoms with van der Waals surface area (Å²) in [6, 6.07) is 5.43. The molecule has 0 aliphatic carbocycles. The SMILES string of the molecule is CC(C)(C)c1cc(C([Si](C)(C)C)[Si](C)(C)C)c([Si](Br)(Br)[Si](Br)(Br)[Si](C)(C)C)c(C([Si](C)(C)C)[Si](C)(C)C)c1. The van der Waals surface area contributed by atoms with Crippen molar-refractivity contribution in [3.05, 3.63) is 28.8 Å². The first-order valence-corrected chi connectivity index (χ1v) is 47.0. The fourth-order valence-electron chi connectivity index (χ4n) is 7.03. The molecule has 0 unspecified atom stereocenters. The largest absolute Gasteiger partial charge is 0.241 e. The molecular formula is C27H58Br4Si7. The fourth-order valence-corrected chi connectivity index (χ4v) is 88.1. The van der Waals surface area contributed by atoms with E-state index >= 15 is 0 Å². The molecule has 11 heteroatoms. The molecule has 0 saturated carbocycles. The van der Waals surface area contributed by atoms with Gasteiger partial charge in [-0.15, -0.1) is 61.2 Å². The van der Waals surface area contributed by atoms with Crippen molar-refractivity contribution >= 4 is 115 Å². The Balaban J connectivity index is 4.74. The van der Waals surface area contributed by atoms with Gasteiger partial charge in [-0.2, -0.15) is 0 Å². The lowest BCUT2D eigenvalue weighted by Crippen LogP contribution is -2.69. The van der Waals surface area contributed by atoms with E-state index < -0.39 is 49.1 Å². The molecule has 1 aromatic rings. The molecule has 0 fully saturated rings. The average Bonchev–Trinajstić information content (AvgIpc) is 2.53. The number of hydrogen-bond acceptors (Lipinski definition) is 0. The van der Waals surface area contributed by atoms with Gasteiger partial charge in [-0.3, -0.25) is 0 Å². The highest BCUT2D eigenvalue weighted by Crippen LogP contribution is 2.50. The molecule has 0 radical (unpaired) electrons. The molecule has 222 valence electrons.